The number of benzene rings is 2. The molecule has 0 spiro atoms. The first-order valence-corrected chi connectivity index (χ1v) is 13.8. The van der Waals surface area contributed by atoms with Crippen LogP contribution in [0.3, 0.4) is 0 Å². The van der Waals surface area contributed by atoms with Gasteiger partial charge in [-0.15, -0.1) is 0 Å². The van der Waals surface area contributed by atoms with Crippen molar-refractivity contribution in [3.05, 3.63) is 59.2 Å². The summed E-state index contributed by atoms with van der Waals surface area (Å²) < 4.78 is 142. The van der Waals surface area contributed by atoms with Crippen LogP contribution in [0.4, 0.5) is 40.8 Å². The van der Waals surface area contributed by atoms with Crippen molar-refractivity contribution in [2.24, 2.45) is 0 Å². The van der Waals surface area contributed by atoms with Crippen LogP contribution in [0.1, 0.15) is 23.6 Å². The number of hydrogen-bond acceptors (Lipinski definition) is 5. The Bertz CT molecular complexity index is 1360. The van der Waals surface area contributed by atoms with Crippen LogP contribution in [-0.2, 0) is 31.9 Å². The summed E-state index contributed by atoms with van der Waals surface area (Å²) in [7, 11) is -4.55. The van der Waals surface area contributed by atoms with E-state index in [4.69, 9.17) is 4.74 Å². The minimum absolute atomic E-state index is 0.104. The molecule has 0 bridgehead atoms. The number of ether oxygens (including phenoxy) is 1. The zero-order valence-corrected chi connectivity index (χ0v) is 22.2. The molecule has 0 saturated carbocycles. The lowest BCUT2D eigenvalue weighted by Gasteiger charge is -2.25. The van der Waals surface area contributed by atoms with E-state index in [-0.39, 0.29) is 48.6 Å². The molecule has 0 aromatic heterocycles. The molecule has 1 heterocycles. The van der Waals surface area contributed by atoms with E-state index in [0.717, 1.165) is 30.3 Å². The SMILES string of the molecule is CC(F)(F)CS(=O)(=O)Nc1cccc(Sc2ccc(/C=C/C(=O)N3CCOCC3)c(C(F)(F)F)c2C(F)(F)F)c1. The number of carbonyl (C=O) groups excluding carboxylic acids is 1. The maximum absolute atomic E-state index is 14.1. The lowest BCUT2D eigenvalue weighted by Crippen LogP contribution is -2.39. The van der Waals surface area contributed by atoms with Crippen LogP contribution in [0.25, 0.3) is 6.08 Å². The fourth-order valence-electron chi connectivity index (χ4n) is 3.76. The van der Waals surface area contributed by atoms with Gasteiger partial charge >= 0.3 is 12.4 Å². The molecule has 0 aliphatic carbocycles. The quantitative estimate of drug-likeness (QED) is 0.284. The van der Waals surface area contributed by atoms with Crippen LogP contribution >= 0.6 is 11.8 Å². The van der Waals surface area contributed by atoms with Gasteiger partial charge in [-0.3, -0.25) is 9.52 Å². The van der Waals surface area contributed by atoms with Gasteiger partial charge in [-0.05, 0) is 35.9 Å². The standard InChI is InChI=1S/C24H22F8N2O4S2/c1-22(25,26)14-40(36,37)33-16-3-2-4-17(13-16)39-18-7-5-15(6-8-19(35)34-9-11-38-12-10-34)20(23(27,28)29)21(18)24(30,31)32/h2-8,13,33H,9-12,14H2,1H3/b8-6+. The first-order valence-electron chi connectivity index (χ1n) is 11.4. The summed E-state index contributed by atoms with van der Waals surface area (Å²) in [6.45, 7) is 1.16. The molecule has 1 fully saturated rings. The lowest BCUT2D eigenvalue weighted by atomic mass is 9.99. The number of sulfonamides is 1. The number of halogens is 8. The maximum Gasteiger partial charge on any atom is 0.418 e. The van der Waals surface area contributed by atoms with Crippen LogP contribution in [0.2, 0.25) is 0 Å². The van der Waals surface area contributed by atoms with Crippen molar-refractivity contribution in [1.82, 2.24) is 4.90 Å². The van der Waals surface area contributed by atoms with E-state index < -0.39 is 61.5 Å². The number of morpholine rings is 1. The molecule has 0 unspecified atom stereocenters. The second-order valence-corrected chi connectivity index (χ2v) is 11.6. The molecule has 1 aliphatic rings. The number of rotatable bonds is 8. The van der Waals surface area contributed by atoms with Crippen molar-refractivity contribution in [2.75, 3.05) is 36.8 Å². The fourth-order valence-corrected chi connectivity index (χ4v) is 6.03. The number of nitrogens with one attached hydrogen (secondary N) is 1. The molecule has 0 radical (unpaired) electrons. The van der Waals surface area contributed by atoms with Gasteiger partial charge in [0.15, 0.2) is 0 Å². The Kier molecular flexibility index (Phi) is 9.46. The molecule has 16 heteroatoms. The van der Waals surface area contributed by atoms with Crippen molar-refractivity contribution >= 4 is 39.5 Å². The summed E-state index contributed by atoms with van der Waals surface area (Å²) in [4.78, 5) is 12.6. The lowest BCUT2D eigenvalue weighted by molar-refractivity contribution is -0.163. The van der Waals surface area contributed by atoms with E-state index in [1.807, 2.05) is 4.72 Å². The molecule has 2 aromatic carbocycles. The highest BCUT2D eigenvalue weighted by atomic mass is 32.2. The van der Waals surface area contributed by atoms with Gasteiger partial charge in [0.1, 0.15) is 5.75 Å². The molecule has 6 nitrogen and oxygen atoms in total. The van der Waals surface area contributed by atoms with E-state index in [0.29, 0.717) is 13.0 Å². The molecular formula is C24H22F8N2O4S2. The predicted octanol–water partition coefficient (Wildman–Crippen LogP) is 6.14. The normalized spacial score (nSPS) is 15.5. The third kappa shape index (κ3) is 8.83. The number of carbonyl (C=O) groups is 1. The van der Waals surface area contributed by atoms with E-state index in [2.05, 4.69) is 0 Å². The average molecular weight is 619 g/mol. The number of nitrogens with zero attached hydrogens (tertiary/aromatic N) is 1. The second kappa shape index (κ2) is 11.9. The minimum Gasteiger partial charge on any atom is -0.378 e. The van der Waals surface area contributed by atoms with Gasteiger partial charge in [0.25, 0.3) is 5.92 Å². The zero-order valence-electron chi connectivity index (χ0n) is 20.6. The Labute approximate surface area is 228 Å². The number of anilines is 1. The van der Waals surface area contributed by atoms with E-state index in [1.165, 1.54) is 17.0 Å². The highest BCUT2D eigenvalue weighted by molar-refractivity contribution is 7.99. The summed E-state index contributed by atoms with van der Waals surface area (Å²) in [6, 6.07) is 6.13. The first kappa shape index (κ1) is 31.7. The molecule has 3 rings (SSSR count). The van der Waals surface area contributed by atoms with Gasteiger partial charge in [-0.1, -0.05) is 23.9 Å². The van der Waals surface area contributed by atoms with Crippen molar-refractivity contribution in [1.29, 1.82) is 0 Å². The van der Waals surface area contributed by atoms with Crippen molar-refractivity contribution in [3.63, 3.8) is 0 Å². The van der Waals surface area contributed by atoms with Crippen LogP contribution in [0, 0.1) is 0 Å². The maximum atomic E-state index is 14.1. The minimum atomic E-state index is -5.48. The summed E-state index contributed by atoms with van der Waals surface area (Å²) in [5, 5.41) is 0. The van der Waals surface area contributed by atoms with Gasteiger partial charge in [0, 0.05) is 41.6 Å². The molecule has 0 atom stereocenters. The molecule has 1 N–H and O–H groups in total. The Balaban J connectivity index is 2.00. The summed E-state index contributed by atoms with van der Waals surface area (Å²) in [5.41, 5.74) is -5.16. The van der Waals surface area contributed by atoms with E-state index in [9.17, 15) is 48.3 Å². The Morgan fingerprint density at radius 3 is 2.20 bits per heavy atom. The molecule has 220 valence electrons. The fraction of sp³-hybridized carbons (Fsp3) is 0.375. The van der Waals surface area contributed by atoms with Crippen molar-refractivity contribution in [3.8, 4) is 0 Å². The highest BCUT2D eigenvalue weighted by Crippen LogP contribution is 2.48. The summed E-state index contributed by atoms with van der Waals surface area (Å²) in [5.74, 6) is -5.83. The van der Waals surface area contributed by atoms with Gasteiger partial charge in [0.2, 0.25) is 15.9 Å². The zero-order chi connectivity index (χ0) is 29.9. The van der Waals surface area contributed by atoms with Crippen LogP contribution < -0.4 is 4.72 Å². The monoisotopic (exact) mass is 618 g/mol. The topological polar surface area (TPSA) is 75.7 Å². The molecule has 1 saturated heterocycles. The van der Waals surface area contributed by atoms with Gasteiger partial charge < -0.3 is 9.64 Å². The van der Waals surface area contributed by atoms with Crippen LogP contribution in [-0.4, -0.2) is 57.2 Å². The summed E-state index contributed by atoms with van der Waals surface area (Å²) in [6.07, 6.45) is -9.51. The number of alkyl halides is 8. The Morgan fingerprint density at radius 2 is 1.62 bits per heavy atom. The third-order valence-electron chi connectivity index (χ3n) is 5.27. The number of hydrogen-bond donors (Lipinski definition) is 1. The number of amides is 1. The summed E-state index contributed by atoms with van der Waals surface area (Å²) >= 11 is 0.264. The predicted molar refractivity (Wildman–Crippen MR) is 131 cm³/mol. The van der Waals surface area contributed by atoms with Crippen LogP contribution in [0.15, 0.2) is 52.3 Å². The first-order chi connectivity index (χ1) is 18.4. The molecule has 2 aromatic rings. The van der Waals surface area contributed by atoms with E-state index in [1.54, 1.807) is 0 Å². The van der Waals surface area contributed by atoms with Gasteiger partial charge in [-0.25, -0.2) is 17.2 Å². The van der Waals surface area contributed by atoms with Gasteiger partial charge in [0.05, 0.1) is 24.3 Å². The van der Waals surface area contributed by atoms with E-state index >= 15 is 0 Å². The average Bonchev–Trinajstić information content (AvgIpc) is 2.80. The van der Waals surface area contributed by atoms with Crippen molar-refractivity contribution < 1.29 is 53.1 Å². The largest absolute Gasteiger partial charge is 0.418 e. The van der Waals surface area contributed by atoms with Crippen molar-refractivity contribution in [2.45, 2.75) is 35.0 Å². The van der Waals surface area contributed by atoms with Gasteiger partial charge in [-0.2, -0.15) is 26.3 Å². The third-order valence-corrected chi connectivity index (χ3v) is 7.76. The Morgan fingerprint density at radius 1 is 1.00 bits per heavy atom. The molecular weight excluding hydrogens is 596 g/mol. The molecule has 1 amide bonds. The molecule has 1 aliphatic heterocycles. The second-order valence-electron chi connectivity index (χ2n) is 8.73. The molecule has 40 heavy (non-hydrogen) atoms. The smallest absolute Gasteiger partial charge is 0.378 e. The highest BCUT2D eigenvalue weighted by Gasteiger charge is 2.46. The van der Waals surface area contributed by atoms with Crippen LogP contribution in [0.5, 0.6) is 0 Å². The Hall–Kier alpha value is -2.85.